The van der Waals surface area contributed by atoms with E-state index in [2.05, 4.69) is 9.97 Å². The topological polar surface area (TPSA) is 93.8 Å². The zero-order valence-electron chi connectivity index (χ0n) is 13.4. The number of aromatic nitrogens is 3. The zero-order valence-corrected chi connectivity index (χ0v) is 14.2. The second kappa shape index (κ2) is 6.30. The lowest BCUT2D eigenvalue weighted by atomic mass is 10.2. The molecule has 8 heteroatoms. The minimum absolute atomic E-state index is 0.0263. The highest BCUT2D eigenvalue weighted by Crippen LogP contribution is 2.26. The van der Waals surface area contributed by atoms with Gasteiger partial charge in [0.2, 0.25) is 5.91 Å². The van der Waals surface area contributed by atoms with E-state index in [4.69, 9.17) is 5.73 Å². The molecular formula is C18H13FN4O2S. The summed E-state index contributed by atoms with van der Waals surface area (Å²) in [5, 5.41) is 1.13. The highest BCUT2D eigenvalue weighted by Gasteiger charge is 2.17. The van der Waals surface area contributed by atoms with E-state index in [0.29, 0.717) is 21.9 Å². The molecule has 2 heterocycles. The van der Waals surface area contributed by atoms with Crippen molar-refractivity contribution in [1.29, 1.82) is 0 Å². The molecule has 0 unspecified atom stereocenters. The van der Waals surface area contributed by atoms with E-state index in [1.54, 1.807) is 0 Å². The lowest BCUT2D eigenvalue weighted by molar-refractivity contribution is -0.115. The Labute approximate surface area is 150 Å². The van der Waals surface area contributed by atoms with Crippen LogP contribution in [0.25, 0.3) is 27.6 Å². The summed E-state index contributed by atoms with van der Waals surface area (Å²) in [6, 6.07) is 12.9. The van der Waals surface area contributed by atoms with E-state index in [9.17, 15) is 14.0 Å². The lowest BCUT2D eigenvalue weighted by Gasteiger charge is -2.11. The second-order valence-corrected chi connectivity index (χ2v) is 6.60. The first-order chi connectivity index (χ1) is 12.5. The van der Waals surface area contributed by atoms with Crippen LogP contribution >= 0.6 is 11.8 Å². The van der Waals surface area contributed by atoms with E-state index in [1.807, 2.05) is 24.3 Å². The number of benzene rings is 2. The molecule has 2 aromatic heterocycles. The predicted molar refractivity (Wildman–Crippen MR) is 99.1 cm³/mol. The van der Waals surface area contributed by atoms with E-state index in [1.165, 1.54) is 28.8 Å². The van der Waals surface area contributed by atoms with Gasteiger partial charge in [0.15, 0.2) is 5.16 Å². The van der Waals surface area contributed by atoms with E-state index < -0.39 is 11.7 Å². The fourth-order valence-corrected chi connectivity index (χ4v) is 3.54. The third kappa shape index (κ3) is 2.74. The molecule has 0 spiro atoms. The maximum absolute atomic E-state index is 13.3. The summed E-state index contributed by atoms with van der Waals surface area (Å²) >= 11 is 1.06. The number of fused-ring (bicyclic) bond motifs is 3. The fraction of sp³-hybridized carbons (Fsp3) is 0.0556. The van der Waals surface area contributed by atoms with Gasteiger partial charge < -0.3 is 10.7 Å². The number of hydrogen-bond donors (Lipinski definition) is 2. The Hall–Kier alpha value is -3.13. The normalized spacial score (nSPS) is 11.3. The Balaban J connectivity index is 2.03. The van der Waals surface area contributed by atoms with Crippen molar-refractivity contribution in [2.45, 2.75) is 5.16 Å². The van der Waals surface area contributed by atoms with Gasteiger partial charge >= 0.3 is 0 Å². The van der Waals surface area contributed by atoms with Gasteiger partial charge in [0.1, 0.15) is 16.9 Å². The quantitative estimate of drug-likeness (QED) is 0.428. The molecule has 0 saturated heterocycles. The first kappa shape index (κ1) is 16.3. The molecule has 3 N–H and O–H groups in total. The Kier molecular flexibility index (Phi) is 3.96. The number of hydrogen-bond acceptors (Lipinski definition) is 4. The molecule has 4 rings (SSSR count). The van der Waals surface area contributed by atoms with Crippen LogP contribution in [0.5, 0.6) is 0 Å². The molecule has 0 atom stereocenters. The Morgan fingerprint density at radius 3 is 2.65 bits per heavy atom. The lowest BCUT2D eigenvalue weighted by Crippen LogP contribution is -2.23. The molecule has 4 aromatic rings. The summed E-state index contributed by atoms with van der Waals surface area (Å²) < 4.78 is 14.6. The average molecular weight is 368 g/mol. The molecule has 6 nitrogen and oxygen atoms in total. The average Bonchev–Trinajstić information content (AvgIpc) is 3.00. The Bertz CT molecular complexity index is 1200. The first-order valence-corrected chi connectivity index (χ1v) is 8.73. The van der Waals surface area contributed by atoms with Crippen LogP contribution in [0.15, 0.2) is 58.5 Å². The number of primary amides is 1. The molecule has 0 aliphatic heterocycles. The summed E-state index contributed by atoms with van der Waals surface area (Å²) in [4.78, 5) is 32.0. The number of nitrogens with zero attached hydrogens (tertiary/aromatic N) is 2. The largest absolute Gasteiger partial charge is 0.369 e. The minimum Gasteiger partial charge on any atom is -0.369 e. The third-order valence-corrected chi connectivity index (χ3v) is 4.88. The molecular weight excluding hydrogens is 355 g/mol. The summed E-state index contributed by atoms with van der Waals surface area (Å²) in [6.07, 6.45) is 0. The monoisotopic (exact) mass is 368 g/mol. The van der Waals surface area contributed by atoms with Crippen LogP contribution in [0.2, 0.25) is 0 Å². The van der Waals surface area contributed by atoms with Crippen molar-refractivity contribution in [3.63, 3.8) is 0 Å². The summed E-state index contributed by atoms with van der Waals surface area (Å²) in [6.45, 7) is 0. The van der Waals surface area contributed by atoms with Crippen LogP contribution in [0.1, 0.15) is 0 Å². The number of nitrogens with two attached hydrogens (primary N) is 1. The smallest absolute Gasteiger partial charge is 0.283 e. The van der Waals surface area contributed by atoms with Gasteiger partial charge in [-0.1, -0.05) is 30.0 Å². The van der Waals surface area contributed by atoms with Crippen LogP contribution in [-0.2, 0) is 4.79 Å². The van der Waals surface area contributed by atoms with Crippen LogP contribution in [0, 0.1) is 5.82 Å². The maximum atomic E-state index is 13.3. The molecule has 0 bridgehead atoms. The predicted octanol–water partition coefficient (Wildman–Crippen LogP) is 2.58. The van der Waals surface area contributed by atoms with Gasteiger partial charge in [0.25, 0.3) is 5.56 Å². The Morgan fingerprint density at radius 1 is 1.19 bits per heavy atom. The van der Waals surface area contributed by atoms with Crippen LogP contribution in [-0.4, -0.2) is 26.2 Å². The van der Waals surface area contributed by atoms with Crippen LogP contribution in [0.3, 0.4) is 0 Å². The van der Waals surface area contributed by atoms with Crippen molar-refractivity contribution in [3.8, 4) is 5.69 Å². The van der Waals surface area contributed by atoms with Crippen LogP contribution < -0.4 is 11.3 Å². The van der Waals surface area contributed by atoms with E-state index in [0.717, 1.165) is 22.7 Å². The zero-order chi connectivity index (χ0) is 18.3. The van der Waals surface area contributed by atoms with Crippen molar-refractivity contribution in [1.82, 2.24) is 14.5 Å². The molecule has 0 aliphatic rings. The fourth-order valence-electron chi connectivity index (χ4n) is 2.79. The van der Waals surface area contributed by atoms with Gasteiger partial charge in [-0.15, -0.1) is 0 Å². The van der Waals surface area contributed by atoms with Gasteiger partial charge in [-0.05, 0) is 30.3 Å². The number of carbonyl (C=O) groups excluding carboxylic acids is 1. The molecule has 0 aliphatic carbocycles. The number of H-pyrrole nitrogens is 1. The summed E-state index contributed by atoms with van der Waals surface area (Å²) in [7, 11) is 0. The SMILES string of the molecule is NC(=O)CSc1nc2c([nH]c3ccccc32)c(=O)n1-c1ccc(F)cc1. The standard InChI is InChI=1S/C18H13FN4O2S/c19-10-5-7-11(8-6-10)23-17(25)16-15(22-18(23)26-9-14(20)24)12-3-1-2-4-13(12)21-16/h1-8,21H,9H2,(H2,20,24). The van der Waals surface area contributed by atoms with Crippen molar-refractivity contribution in [2.75, 3.05) is 5.75 Å². The van der Waals surface area contributed by atoms with Crippen molar-refractivity contribution < 1.29 is 9.18 Å². The van der Waals surface area contributed by atoms with Gasteiger partial charge in [-0.2, -0.15) is 0 Å². The number of nitrogens with one attached hydrogen (secondary N) is 1. The van der Waals surface area contributed by atoms with Crippen molar-refractivity contribution in [3.05, 3.63) is 64.7 Å². The molecule has 2 aromatic carbocycles. The molecule has 26 heavy (non-hydrogen) atoms. The maximum Gasteiger partial charge on any atom is 0.283 e. The number of thioether (sulfide) groups is 1. The van der Waals surface area contributed by atoms with Gasteiger partial charge in [-0.25, -0.2) is 9.37 Å². The summed E-state index contributed by atoms with van der Waals surface area (Å²) in [5.74, 6) is -0.955. The molecule has 0 radical (unpaired) electrons. The highest BCUT2D eigenvalue weighted by molar-refractivity contribution is 7.99. The van der Waals surface area contributed by atoms with E-state index >= 15 is 0 Å². The van der Waals surface area contributed by atoms with Gasteiger partial charge in [0.05, 0.1) is 11.4 Å². The number of rotatable bonds is 4. The summed E-state index contributed by atoms with van der Waals surface area (Å²) in [5.41, 5.74) is 7.02. The third-order valence-electron chi connectivity index (χ3n) is 3.92. The number of halogens is 1. The molecule has 1 amide bonds. The van der Waals surface area contributed by atoms with Gasteiger partial charge in [-0.3, -0.25) is 14.2 Å². The number of amides is 1. The van der Waals surface area contributed by atoms with Crippen molar-refractivity contribution >= 4 is 39.6 Å². The highest BCUT2D eigenvalue weighted by atomic mass is 32.2. The number of para-hydroxylation sites is 1. The molecule has 0 saturated carbocycles. The van der Waals surface area contributed by atoms with Crippen LogP contribution in [0.4, 0.5) is 4.39 Å². The second-order valence-electron chi connectivity index (χ2n) is 5.66. The minimum atomic E-state index is -0.520. The van der Waals surface area contributed by atoms with Gasteiger partial charge in [0, 0.05) is 10.9 Å². The molecule has 0 fully saturated rings. The number of carbonyl (C=O) groups is 1. The van der Waals surface area contributed by atoms with E-state index in [-0.39, 0.29) is 11.3 Å². The first-order valence-electron chi connectivity index (χ1n) is 7.75. The van der Waals surface area contributed by atoms with Crippen molar-refractivity contribution in [2.24, 2.45) is 5.73 Å². The molecule has 130 valence electrons. The Morgan fingerprint density at radius 2 is 1.92 bits per heavy atom. The number of aromatic amines is 1.